The normalized spacial score (nSPS) is 17.5. The molecule has 2 aliphatic heterocycles. The summed E-state index contributed by atoms with van der Waals surface area (Å²) in [6, 6.07) is 5.33. The Morgan fingerprint density at radius 1 is 1.07 bits per heavy atom. The van der Waals surface area contributed by atoms with Gasteiger partial charge in [0, 0.05) is 43.7 Å². The summed E-state index contributed by atoms with van der Waals surface area (Å²) >= 11 is 0. The number of aryl methyl sites for hydroxylation is 3. The van der Waals surface area contributed by atoms with Gasteiger partial charge >= 0.3 is 0 Å². The monoisotopic (exact) mass is 408 g/mol. The first kappa shape index (κ1) is 19.2. The van der Waals surface area contributed by atoms with E-state index in [0.717, 1.165) is 55.6 Å². The van der Waals surface area contributed by atoms with Crippen LogP contribution in [0.3, 0.4) is 0 Å². The minimum absolute atomic E-state index is 0.0680. The zero-order valence-electron chi connectivity index (χ0n) is 17.7. The van der Waals surface area contributed by atoms with Crippen LogP contribution in [0, 0.1) is 19.8 Å². The molecule has 5 rings (SSSR count). The maximum Gasteiger partial charge on any atom is 0.266 e. The number of likely N-dealkylation sites (tertiary alicyclic amines) is 1. The van der Waals surface area contributed by atoms with Crippen molar-refractivity contribution in [3.8, 4) is 5.82 Å². The van der Waals surface area contributed by atoms with Gasteiger partial charge in [0.2, 0.25) is 0 Å². The van der Waals surface area contributed by atoms with E-state index in [1.54, 1.807) is 21.5 Å². The number of hydrogen-bond donors (Lipinski definition) is 0. The van der Waals surface area contributed by atoms with Gasteiger partial charge in [-0.05, 0) is 38.8 Å². The molecule has 1 saturated heterocycles. The molecule has 0 radical (unpaired) electrons. The Bertz CT molecular complexity index is 1100. The zero-order chi connectivity index (χ0) is 20.7. The Balaban J connectivity index is 1.23. The zero-order valence-corrected chi connectivity index (χ0v) is 17.7. The van der Waals surface area contributed by atoms with E-state index in [1.165, 1.54) is 19.3 Å². The van der Waals surface area contributed by atoms with Gasteiger partial charge in [0.05, 0.1) is 18.8 Å². The molecule has 0 atom stereocenters. The van der Waals surface area contributed by atoms with Gasteiger partial charge in [-0.15, -0.1) is 15.3 Å². The third-order valence-corrected chi connectivity index (χ3v) is 6.09. The van der Waals surface area contributed by atoms with E-state index in [1.807, 2.05) is 19.9 Å². The fourth-order valence-corrected chi connectivity index (χ4v) is 4.57. The van der Waals surface area contributed by atoms with Crippen LogP contribution in [-0.2, 0) is 26.1 Å². The van der Waals surface area contributed by atoms with Crippen molar-refractivity contribution < 1.29 is 0 Å². The maximum atomic E-state index is 12.3. The van der Waals surface area contributed by atoms with Gasteiger partial charge in [-0.2, -0.15) is 5.10 Å². The van der Waals surface area contributed by atoms with Gasteiger partial charge in [-0.25, -0.2) is 9.36 Å². The van der Waals surface area contributed by atoms with Gasteiger partial charge in [-0.1, -0.05) is 6.42 Å². The third-order valence-electron chi connectivity index (χ3n) is 6.09. The van der Waals surface area contributed by atoms with Crippen LogP contribution in [0.15, 0.2) is 23.0 Å². The highest BCUT2D eigenvalue weighted by atomic mass is 16.1. The molecule has 30 heavy (non-hydrogen) atoms. The predicted octanol–water partition coefficient (Wildman–Crippen LogP) is 1.50. The van der Waals surface area contributed by atoms with Crippen molar-refractivity contribution in [2.75, 3.05) is 13.1 Å². The molecule has 158 valence electrons. The highest BCUT2D eigenvalue weighted by molar-refractivity contribution is 5.23. The van der Waals surface area contributed by atoms with Crippen LogP contribution >= 0.6 is 0 Å². The number of aromatic nitrogens is 7. The maximum absolute atomic E-state index is 12.3. The molecule has 1 fully saturated rings. The Hall–Kier alpha value is -2.81. The van der Waals surface area contributed by atoms with Crippen LogP contribution in [-0.4, -0.2) is 52.3 Å². The Morgan fingerprint density at radius 3 is 2.73 bits per heavy atom. The van der Waals surface area contributed by atoms with E-state index >= 15 is 0 Å². The third kappa shape index (κ3) is 3.69. The van der Waals surface area contributed by atoms with Crippen molar-refractivity contribution in [1.29, 1.82) is 0 Å². The summed E-state index contributed by atoms with van der Waals surface area (Å²) in [4.78, 5) is 14.7. The van der Waals surface area contributed by atoms with E-state index in [9.17, 15) is 4.79 Å². The van der Waals surface area contributed by atoms with Crippen molar-refractivity contribution in [2.45, 2.75) is 59.2 Å². The molecule has 0 amide bonds. The first-order chi connectivity index (χ1) is 14.6. The molecular formula is C21H28N8O. The number of rotatable bonds is 5. The smallest absolute Gasteiger partial charge is 0.266 e. The topological polar surface area (TPSA) is 86.7 Å². The van der Waals surface area contributed by atoms with E-state index in [-0.39, 0.29) is 5.56 Å². The van der Waals surface area contributed by atoms with Crippen LogP contribution in [0.2, 0.25) is 0 Å². The van der Waals surface area contributed by atoms with Crippen LogP contribution in [0.1, 0.15) is 42.3 Å². The summed E-state index contributed by atoms with van der Waals surface area (Å²) in [7, 11) is 0. The number of hydrogen-bond acceptors (Lipinski definition) is 6. The molecule has 0 bridgehead atoms. The molecule has 9 heteroatoms. The molecule has 9 nitrogen and oxygen atoms in total. The first-order valence-corrected chi connectivity index (χ1v) is 10.8. The van der Waals surface area contributed by atoms with Gasteiger partial charge in [0.25, 0.3) is 5.56 Å². The predicted molar refractivity (Wildman–Crippen MR) is 111 cm³/mol. The van der Waals surface area contributed by atoms with Crippen molar-refractivity contribution >= 4 is 0 Å². The molecule has 0 saturated carbocycles. The second kappa shape index (κ2) is 7.79. The molecule has 0 N–H and O–H groups in total. The summed E-state index contributed by atoms with van der Waals surface area (Å²) in [5.41, 5.74) is 1.88. The molecule has 0 aromatic carbocycles. The summed E-state index contributed by atoms with van der Waals surface area (Å²) in [5.74, 6) is 3.31. The van der Waals surface area contributed by atoms with Crippen LogP contribution in [0.25, 0.3) is 5.82 Å². The average molecular weight is 409 g/mol. The molecule has 3 aromatic heterocycles. The SMILES string of the molecule is Cc1cc(C)n(-c2ccc(=O)n(CC3CN(Cc4nnc5n4CCCCC5)C3)n2)n1. The molecule has 3 aromatic rings. The van der Waals surface area contributed by atoms with E-state index in [2.05, 4.69) is 29.9 Å². The second-order valence-electron chi connectivity index (χ2n) is 8.61. The lowest BCUT2D eigenvalue weighted by atomic mass is 10.0. The first-order valence-electron chi connectivity index (χ1n) is 10.8. The van der Waals surface area contributed by atoms with E-state index in [0.29, 0.717) is 18.3 Å². The minimum atomic E-state index is -0.0680. The van der Waals surface area contributed by atoms with Crippen LogP contribution < -0.4 is 5.56 Å². The highest BCUT2D eigenvalue weighted by Gasteiger charge is 2.29. The van der Waals surface area contributed by atoms with Gasteiger partial charge in [0.15, 0.2) is 5.82 Å². The average Bonchev–Trinajstić information content (AvgIpc) is 3.13. The molecule has 0 unspecified atom stereocenters. The quantitative estimate of drug-likeness (QED) is 0.636. The Kier molecular flexibility index (Phi) is 4.98. The van der Waals surface area contributed by atoms with Gasteiger partial charge < -0.3 is 4.57 Å². The minimum Gasteiger partial charge on any atom is -0.314 e. The standard InChI is InChI=1S/C21H28N8O/c1-15-10-16(2)29(24-15)19-7-8-21(30)28(25-19)13-17-11-26(12-17)14-20-23-22-18-6-4-3-5-9-27(18)20/h7-8,10,17H,3-6,9,11-14H2,1-2H3. The summed E-state index contributed by atoms with van der Waals surface area (Å²) in [6.07, 6.45) is 4.73. The molecule has 0 aliphatic carbocycles. The fraction of sp³-hybridized carbons (Fsp3) is 0.571. The van der Waals surface area contributed by atoms with Crippen molar-refractivity contribution in [3.05, 3.63) is 51.6 Å². The molecule has 5 heterocycles. The lowest BCUT2D eigenvalue weighted by Gasteiger charge is -2.38. The van der Waals surface area contributed by atoms with Crippen molar-refractivity contribution in [3.63, 3.8) is 0 Å². The Labute approximate surface area is 175 Å². The van der Waals surface area contributed by atoms with Crippen LogP contribution in [0.4, 0.5) is 0 Å². The van der Waals surface area contributed by atoms with Crippen LogP contribution in [0.5, 0.6) is 0 Å². The van der Waals surface area contributed by atoms with Crippen molar-refractivity contribution in [2.24, 2.45) is 5.92 Å². The number of fused-ring (bicyclic) bond motifs is 1. The lowest BCUT2D eigenvalue weighted by molar-refractivity contribution is 0.0727. The van der Waals surface area contributed by atoms with Gasteiger partial charge in [-0.3, -0.25) is 9.69 Å². The highest BCUT2D eigenvalue weighted by Crippen LogP contribution is 2.21. The van der Waals surface area contributed by atoms with E-state index < -0.39 is 0 Å². The van der Waals surface area contributed by atoms with Gasteiger partial charge in [0.1, 0.15) is 11.6 Å². The van der Waals surface area contributed by atoms with E-state index in [4.69, 9.17) is 0 Å². The summed E-state index contributed by atoms with van der Waals surface area (Å²) < 4.78 is 5.68. The van der Waals surface area contributed by atoms with Crippen molar-refractivity contribution in [1.82, 2.24) is 39.2 Å². The second-order valence-corrected chi connectivity index (χ2v) is 8.61. The largest absolute Gasteiger partial charge is 0.314 e. The molecule has 0 spiro atoms. The molecular weight excluding hydrogens is 380 g/mol. The summed E-state index contributed by atoms with van der Waals surface area (Å²) in [5, 5.41) is 17.9. The Morgan fingerprint density at radius 2 is 1.93 bits per heavy atom. The number of nitrogens with zero attached hydrogens (tertiary/aromatic N) is 8. The summed E-state index contributed by atoms with van der Waals surface area (Å²) in [6.45, 7) is 8.33. The fourth-order valence-electron chi connectivity index (χ4n) is 4.57. The lowest BCUT2D eigenvalue weighted by Crippen LogP contribution is -2.49. The molecule has 2 aliphatic rings.